The predicted molar refractivity (Wildman–Crippen MR) is 100 cm³/mol. The van der Waals surface area contributed by atoms with Gasteiger partial charge in [-0.2, -0.15) is 0 Å². The Bertz CT molecular complexity index is 336. The third-order valence-electron chi connectivity index (χ3n) is 6.17. The predicted octanol–water partition coefficient (Wildman–Crippen LogP) is 2.21. The van der Waals surface area contributed by atoms with Crippen LogP contribution < -0.4 is 0 Å². The smallest absolute Gasteiger partial charge is 0.0224 e. The summed E-state index contributed by atoms with van der Waals surface area (Å²) < 4.78 is 0. The lowest BCUT2D eigenvalue weighted by atomic mass is 9.95. The van der Waals surface area contributed by atoms with Crippen molar-refractivity contribution in [2.45, 2.75) is 70.6 Å². The van der Waals surface area contributed by atoms with E-state index in [9.17, 15) is 0 Å². The van der Waals surface area contributed by atoms with Crippen molar-refractivity contribution in [3.63, 3.8) is 0 Å². The number of rotatable bonds is 6. The van der Waals surface area contributed by atoms with Crippen LogP contribution in [-0.4, -0.2) is 97.6 Å². The third kappa shape index (κ3) is 5.15. The lowest BCUT2D eigenvalue weighted by Crippen LogP contribution is -2.56. The SMILES string of the molecule is CCN1CC(N(C)C)CCC1CN(C(C)C)C1CCN(C)CC1. The number of piperidine rings is 2. The van der Waals surface area contributed by atoms with E-state index in [0.29, 0.717) is 6.04 Å². The van der Waals surface area contributed by atoms with E-state index in [1.54, 1.807) is 0 Å². The molecule has 0 amide bonds. The normalized spacial score (nSPS) is 29.1. The van der Waals surface area contributed by atoms with Gasteiger partial charge in [-0.25, -0.2) is 0 Å². The van der Waals surface area contributed by atoms with Crippen LogP contribution in [0.1, 0.15) is 46.5 Å². The molecule has 0 bridgehead atoms. The summed E-state index contributed by atoms with van der Waals surface area (Å²) in [6, 6.07) is 2.94. The molecule has 2 atom stereocenters. The zero-order chi connectivity index (χ0) is 17.0. The Hall–Kier alpha value is -0.160. The molecule has 136 valence electrons. The molecule has 2 aliphatic rings. The van der Waals surface area contributed by atoms with Crippen molar-refractivity contribution in [3.05, 3.63) is 0 Å². The summed E-state index contributed by atoms with van der Waals surface area (Å²) >= 11 is 0. The van der Waals surface area contributed by atoms with Gasteiger partial charge in [0.15, 0.2) is 0 Å². The highest BCUT2D eigenvalue weighted by Gasteiger charge is 2.32. The number of likely N-dealkylation sites (tertiary alicyclic amines) is 2. The van der Waals surface area contributed by atoms with Gasteiger partial charge in [-0.05, 0) is 80.3 Å². The number of hydrogen-bond donors (Lipinski definition) is 0. The summed E-state index contributed by atoms with van der Waals surface area (Å²) in [5.41, 5.74) is 0. The minimum atomic E-state index is 0.661. The van der Waals surface area contributed by atoms with Crippen molar-refractivity contribution < 1.29 is 0 Å². The molecule has 4 nitrogen and oxygen atoms in total. The molecular formula is C19H40N4. The quantitative estimate of drug-likeness (QED) is 0.742. The van der Waals surface area contributed by atoms with Crippen LogP contribution in [0, 0.1) is 0 Å². The number of nitrogens with zero attached hydrogens (tertiary/aromatic N) is 4. The average Bonchev–Trinajstić information content (AvgIpc) is 2.53. The molecule has 0 N–H and O–H groups in total. The second-order valence-electron chi connectivity index (χ2n) is 8.26. The average molecular weight is 325 g/mol. The fourth-order valence-corrected chi connectivity index (χ4v) is 4.45. The zero-order valence-corrected chi connectivity index (χ0v) is 16.5. The van der Waals surface area contributed by atoms with Gasteiger partial charge in [-0.3, -0.25) is 9.80 Å². The van der Waals surface area contributed by atoms with Crippen molar-refractivity contribution in [1.82, 2.24) is 19.6 Å². The van der Waals surface area contributed by atoms with Gasteiger partial charge in [0.1, 0.15) is 0 Å². The van der Waals surface area contributed by atoms with E-state index in [4.69, 9.17) is 0 Å². The molecule has 0 radical (unpaired) electrons. The fourth-order valence-electron chi connectivity index (χ4n) is 4.45. The highest BCUT2D eigenvalue weighted by Crippen LogP contribution is 2.24. The molecule has 2 heterocycles. The molecule has 2 unspecified atom stereocenters. The molecule has 0 aromatic rings. The van der Waals surface area contributed by atoms with E-state index >= 15 is 0 Å². The van der Waals surface area contributed by atoms with E-state index in [1.807, 2.05) is 0 Å². The topological polar surface area (TPSA) is 13.0 Å². The first kappa shape index (κ1) is 19.2. The van der Waals surface area contributed by atoms with Gasteiger partial charge in [0.05, 0.1) is 0 Å². The van der Waals surface area contributed by atoms with Crippen LogP contribution in [0.2, 0.25) is 0 Å². The Balaban J connectivity index is 1.96. The molecule has 0 aromatic heterocycles. The van der Waals surface area contributed by atoms with E-state index in [1.165, 1.54) is 58.4 Å². The maximum Gasteiger partial charge on any atom is 0.0224 e. The van der Waals surface area contributed by atoms with Crippen molar-refractivity contribution in [2.24, 2.45) is 0 Å². The molecule has 0 aliphatic carbocycles. The van der Waals surface area contributed by atoms with Gasteiger partial charge in [0.25, 0.3) is 0 Å². The minimum Gasteiger partial charge on any atom is -0.306 e. The number of hydrogen-bond acceptors (Lipinski definition) is 4. The van der Waals surface area contributed by atoms with Crippen LogP contribution >= 0.6 is 0 Å². The highest BCUT2D eigenvalue weighted by molar-refractivity contribution is 4.89. The Morgan fingerprint density at radius 1 is 1.00 bits per heavy atom. The van der Waals surface area contributed by atoms with Crippen molar-refractivity contribution in [3.8, 4) is 0 Å². The lowest BCUT2D eigenvalue weighted by molar-refractivity contribution is 0.0268. The first-order valence-corrected chi connectivity index (χ1v) is 9.77. The van der Waals surface area contributed by atoms with Gasteiger partial charge < -0.3 is 9.80 Å². The van der Waals surface area contributed by atoms with E-state index in [0.717, 1.165) is 18.1 Å². The molecule has 0 spiro atoms. The van der Waals surface area contributed by atoms with Gasteiger partial charge in [-0.15, -0.1) is 0 Å². The summed E-state index contributed by atoms with van der Waals surface area (Å²) in [6.45, 7) is 13.3. The van der Waals surface area contributed by atoms with Crippen LogP contribution in [0.25, 0.3) is 0 Å². The van der Waals surface area contributed by atoms with Crippen molar-refractivity contribution >= 4 is 0 Å². The lowest BCUT2D eigenvalue weighted by Gasteiger charge is -2.46. The molecule has 0 aromatic carbocycles. The van der Waals surface area contributed by atoms with Crippen molar-refractivity contribution in [1.29, 1.82) is 0 Å². The summed E-state index contributed by atoms with van der Waals surface area (Å²) in [5.74, 6) is 0. The number of likely N-dealkylation sites (N-methyl/N-ethyl adjacent to an activating group) is 2. The van der Waals surface area contributed by atoms with E-state index < -0.39 is 0 Å². The van der Waals surface area contributed by atoms with Crippen molar-refractivity contribution in [2.75, 3.05) is 53.9 Å². The molecule has 4 heteroatoms. The Morgan fingerprint density at radius 2 is 1.65 bits per heavy atom. The molecule has 0 saturated carbocycles. The van der Waals surface area contributed by atoms with E-state index in [2.05, 4.69) is 61.5 Å². The first-order chi connectivity index (χ1) is 10.9. The van der Waals surface area contributed by atoms with Gasteiger partial charge in [0, 0.05) is 37.3 Å². The molecule has 2 fully saturated rings. The molecule has 2 rings (SSSR count). The largest absolute Gasteiger partial charge is 0.306 e. The van der Waals surface area contributed by atoms with Crippen LogP contribution in [0.4, 0.5) is 0 Å². The maximum absolute atomic E-state index is 2.82. The van der Waals surface area contributed by atoms with Gasteiger partial charge >= 0.3 is 0 Å². The third-order valence-corrected chi connectivity index (χ3v) is 6.17. The highest BCUT2D eigenvalue weighted by atomic mass is 15.3. The Morgan fingerprint density at radius 3 is 2.17 bits per heavy atom. The standard InChI is InChI=1S/C19H40N4/c1-7-22-14-18(20(4)5)8-9-19(22)15-23(16(2)3)17-10-12-21(6)13-11-17/h16-19H,7-15H2,1-6H3. The van der Waals surface area contributed by atoms with Crippen LogP contribution in [-0.2, 0) is 0 Å². The second kappa shape index (κ2) is 8.80. The maximum atomic E-state index is 2.82. The zero-order valence-electron chi connectivity index (χ0n) is 16.5. The molecular weight excluding hydrogens is 284 g/mol. The minimum absolute atomic E-state index is 0.661. The van der Waals surface area contributed by atoms with Gasteiger partial charge in [-0.1, -0.05) is 6.92 Å². The summed E-state index contributed by atoms with van der Waals surface area (Å²) in [4.78, 5) is 10.4. The molecule has 2 saturated heterocycles. The summed E-state index contributed by atoms with van der Waals surface area (Å²) in [6.07, 6.45) is 5.39. The molecule has 2 aliphatic heterocycles. The Kier molecular flexibility index (Phi) is 7.33. The van der Waals surface area contributed by atoms with E-state index in [-0.39, 0.29) is 0 Å². The fraction of sp³-hybridized carbons (Fsp3) is 1.00. The summed E-state index contributed by atoms with van der Waals surface area (Å²) in [7, 11) is 6.73. The summed E-state index contributed by atoms with van der Waals surface area (Å²) in [5, 5.41) is 0. The van der Waals surface area contributed by atoms with Crippen LogP contribution in [0.5, 0.6) is 0 Å². The monoisotopic (exact) mass is 324 g/mol. The first-order valence-electron chi connectivity index (χ1n) is 9.77. The van der Waals surface area contributed by atoms with Crippen LogP contribution in [0.3, 0.4) is 0 Å². The Labute approximate surface area is 144 Å². The second-order valence-corrected chi connectivity index (χ2v) is 8.26. The van der Waals surface area contributed by atoms with Crippen LogP contribution in [0.15, 0.2) is 0 Å². The van der Waals surface area contributed by atoms with Gasteiger partial charge in [0.2, 0.25) is 0 Å². The molecule has 23 heavy (non-hydrogen) atoms.